The molecular formula is C13H15N5O. The maximum Gasteiger partial charge on any atom is 0.149 e. The number of nitrogens with zero attached hydrogens (tertiary/aromatic N) is 3. The molecule has 1 aliphatic rings. The van der Waals surface area contributed by atoms with Crippen LogP contribution in [0.4, 0.5) is 5.82 Å². The Labute approximate surface area is 111 Å². The molecule has 0 aromatic carbocycles. The predicted octanol–water partition coefficient (Wildman–Crippen LogP) is 0.821. The van der Waals surface area contributed by atoms with Crippen molar-refractivity contribution in [3.05, 3.63) is 47.2 Å². The highest BCUT2D eigenvalue weighted by Crippen LogP contribution is 2.22. The van der Waals surface area contributed by atoms with Crippen LogP contribution in [0.1, 0.15) is 22.6 Å². The van der Waals surface area contributed by atoms with Crippen molar-refractivity contribution >= 4 is 5.82 Å². The van der Waals surface area contributed by atoms with E-state index in [1.807, 2.05) is 12.1 Å². The molecule has 2 aromatic rings. The SMILES string of the molecule is NNc1nc(Cc2ccncc2)nc2c1COCC2. The Kier molecular flexibility index (Phi) is 3.35. The van der Waals surface area contributed by atoms with Gasteiger partial charge in [0, 0.05) is 30.8 Å². The van der Waals surface area contributed by atoms with Gasteiger partial charge in [-0.3, -0.25) is 4.98 Å². The van der Waals surface area contributed by atoms with Gasteiger partial charge >= 0.3 is 0 Å². The first-order valence-electron chi connectivity index (χ1n) is 6.19. The van der Waals surface area contributed by atoms with E-state index >= 15 is 0 Å². The number of hydrazine groups is 1. The van der Waals surface area contributed by atoms with Gasteiger partial charge in [-0.1, -0.05) is 0 Å². The first-order chi connectivity index (χ1) is 9.36. The number of pyridine rings is 1. The number of anilines is 1. The standard InChI is InChI=1S/C13H15N5O/c14-18-13-10-8-19-6-3-11(10)16-12(17-13)7-9-1-4-15-5-2-9/h1-2,4-5H,3,6-8,14H2,(H,16,17,18). The Morgan fingerprint density at radius 2 is 2.11 bits per heavy atom. The summed E-state index contributed by atoms with van der Waals surface area (Å²) in [6, 6.07) is 3.92. The molecule has 0 aliphatic carbocycles. The predicted molar refractivity (Wildman–Crippen MR) is 70.2 cm³/mol. The fraction of sp³-hybridized carbons (Fsp3) is 0.308. The number of hydrogen-bond donors (Lipinski definition) is 2. The maximum atomic E-state index is 5.53. The minimum Gasteiger partial charge on any atom is -0.376 e. The van der Waals surface area contributed by atoms with Crippen molar-refractivity contribution in [2.45, 2.75) is 19.4 Å². The van der Waals surface area contributed by atoms with E-state index in [0.717, 1.165) is 29.1 Å². The molecule has 0 radical (unpaired) electrons. The molecule has 6 heteroatoms. The minimum atomic E-state index is 0.518. The summed E-state index contributed by atoms with van der Waals surface area (Å²) in [4.78, 5) is 13.1. The summed E-state index contributed by atoms with van der Waals surface area (Å²) in [7, 11) is 0. The van der Waals surface area contributed by atoms with Gasteiger partial charge in [0.2, 0.25) is 0 Å². The van der Waals surface area contributed by atoms with E-state index in [1.54, 1.807) is 12.4 Å². The van der Waals surface area contributed by atoms with E-state index in [9.17, 15) is 0 Å². The van der Waals surface area contributed by atoms with Gasteiger partial charge in [0.15, 0.2) is 0 Å². The fourth-order valence-electron chi connectivity index (χ4n) is 2.16. The molecular weight excluding hydrogens is 242 g/mol. The smallest absolute Gasteiger partial charge is 0.149 e. The summed E-state index contributed by atoms with van der Waals surface area (Å²) in [5.74, 6) is 6.95. The molecule has 0 saturated carbocycles. The summed E-state index contributed by atoms with van der Waals surface area (Å²) in [6.07, 6.45) is 5.01. The van der Waals surface area contributed by atoms with Crippen LogP contribution in [0, 0.1) is 0 Å². The monoisotopic (exact) mass is 257 g/mol. The van der Waals surface area contributed by atoms with E-state index in [4.69, 9.17) is 10.6 Å². The zero-order valence-electron chi connectivity index (χ0n) is 10.5. The van der Waals surface area contributed by atoms with Crippen molar-refractivity contribution in [1.29, 1.82) is 0 Å². The third kappa shape index (κ3) is 2.54. The molecule has 19 heavy (non-hydrogen) atoms. The number of aromatic nitrogens is 3. The van der Waals surface area contributed by atoms with Gasteiger partial charge in [0.25, 0.3) is 0 Å². The van der Waals surface area contributed by atoms with E-state index in [1.165, 1.54) is 0 Å². The minimum absolute atomic E-state index is 0.518. The van der Waals surface area contributed by atoms with Gasteiger partial charge in [-0.15, -0.1) is 0 Å². The van der Waals surface area contributed by atoms with Crippen molar-refractivity contribution in [3.8, 4) is 0 Å². The normalized spacial score (nSPS) is 13.9. The average molecular weight is 257 g/mol. The zero-order valence-corrected chi connectivity index (χ0v) is 10.5. The quantitative estimate of drug-likeness (QED) is 0.625. The highest BCUT2D eigenvalue weighted by molar-refractivity contribution is 5.46. The average Bonchev–Trinajstić information content (AvgIpc) is 2.47. The number of fused-ring (bicyclic) bond motifs is 1. The Hall–Kier alpha value is -2.05. The van der Waals surface area contributed by atoms with Crippen LogP contribution in [0.25, 0.3) is 0 Å². The Bertz CT molecular complexity index is 555. The second-order valence-electron chi connectivity index (χ2n) is 4.39. The van der Waals surface area contributed by atoms with E-state index in [-0.39, 0.29) is 0 Å². The molecule has 3 heterocycles. The Balaban J connectivity index is 1.94. The molecule has 0 amide bonds. The molecule has 0 atom stereocenters. The first-order valence-corrected chi connectivity index (χ1v) is 6.19. The van der Waals surface area contributed by atoms with E-state index in [0.29, 0.717) is 25.5 Å². The van der Waals surface area contributed by atoms with Crippen LogP contribution in [0.3, 0.4) is 0 Å². The number of hydrogen-bond acceptors (Lipinski definition) is 6. The molecule has 0 spiro atoms. The Morgan fingerprint density at radius 3 is 2.89 bits per heavy atom. The third-order valence-corrected chi connectivity index (χ3v) is 3.12. The van der Waals surface area contributed by atoms with Crippen molar-refractivity contribution in [2.24, 2.45) is 5.84 Å². The van der Waals surface area contributed by atoms with Gasteiger partial charge in [-0.25, -0.2) is 15.8 Å². The molecule has 0 saturated heterocycles. The lowest BCUT2D eigenvalue weighted by molar-refractivity contribution is 0.109. The lowest BCUT2D eigenvalue weighted by atomic mass is 10.1. The lowest BCUT2D eigenvalue weighted by Crippen LogP contribution is -2.20. The second kappa shape index (κ2) is 5.29. The molecule has 6 nitrogen and oxygen atoms in total. The highest BCUT2D eigenvalue weighted by Gasteiger charge is 2.17. The van der Waals surface area contributed by atoms with E-state index < -0.39 is 0 Å². The lowest BCUT2D eigenvalue weighted by Gasteiger charge is -2.19. The Morgan fingerprint density at radius 1 is 1.26 bits per heavy atom. The van der Waals surface area contributed by atoms with Gasteiger partial charge in [-0.2, -0.15) is 0 Å². The number of ether oxygens (including phenoxy) is 1. The van der Waals surface area contributed by atoms with Crippen LogP contribution >= 0.6 is 0 Å². The van der Waals surface area contributed by atoms with Gasteiger partial charge in [-0.05, 0) is 17.7 Å². The number of rotatable bonds is 3. The van der Waals surface area contributed by atoms with Crippen LogP contribution in [0.2, 0.25) is 0 Å². The fourth-order valence-corrected chi connectivity index (χ4v) is 2.16. The van der Waals surface area contributed by atoms with Gasteiger partial charge < -0.3 is 10.2 Å². The van der Waals surface area contributed by atoms with Crippen molar-refractivity contribution in [3.63, 3.8) is 0 Å². The second-order valence-corrected chi connectivity index (χ2v) is 4.39. The largest absolute Gasteiger partial charge is 0.376 e. The summed E-state index contributed by atoms with van der Waals surface area (Å²) < 4.78 is 5.41. The summed E-state index contributed by atoms with van der Waals surface area (Å²) in [6.45, 7) is 1.22. The summed E-state index contributed by atoms with van der Waals surface area (Å²) in [5, 5.41) is 0. The molecule has 1 aliphatic heterocycles. The zero-order chi connectivity index (χ0) is 13.1. The summed E-state index contributed by atoms with van der Waals surface area (Å²) in [5.41, 5.74) is 5.76. The van der Waals surface area contributed by atoms with Gasteiger partial charge in [0.05, 0.1) is 18.9 Å². The third-order valence-electron chi connectivity index (χ3n) is 3.12. The molecule has 0 unspecified atom stereocenters. The molecule has 3 rings (SSSR count). The van der Waals surface area contributed by atoms with Crippen molar-refractivity contribution in [1.82, 2.24) is 15.0 Å². The maximum absolute atomic E-state index is 5.53. The summed E-state index contributed by atoms with van der Waals surface area (Å²) >= 11 is 0. The first kappa shape index (κ1) is 12.0. The molecule has 2 aromatic heterocycles. The number of nitrogens with one attached hydrogen (secondary N) is 1. The molecule has 0 fully saturated rings. The molecule has 3 N–H and O–H groups in total. The van der Waals surface area contributed by atoms with Crippen LogP contribution in [0.15, 0.2) is 24.5 Å². The van der Waals surface area contributed by atoms with Crippen LogP contribution < -0.4 is 11.3 Å². The van der Waals surface area contributed by atoms with Gasteiger partial charge in [0.1, 0.15) is 11.6 Å². The van der Waals surface area contributed by atoms with Crippen molar-refractivity contribution < 1.29 is 4.74 Å². The molecule has 0 bridgehead atoms. The number of nitrogen functional groups attached to an aromatic ring is 1. The van der Waals surface area contributed by atoms with Crippen molar-refractivity contribution in [2.75, 3.05) is 12.0 Å². The highest BCUT2D eigenvalue weighted by atomic mass is 16.5. The van der Waals surface area contributed by atoms with Crippen LogP contribution in [-0.2, 0) is 24.2 Å². The van der Waals surface area contributed by atoms with Crippen LogP contribution in [0.5, 0.6) is 0 Å². The molecule has 98 valence electrons. The van der Waals surface area contributed by atoms with E-state index in [2.05, 4.69) is 20.4 Å². The van der Waals surface area contributed by atoms with Crippen LogP contribution in [-0.4, -0.2) is 21.6 Å². The topological polar surface area (TPSA) is 86.0 Å². The number of nitrogens with two attached hydrogens (primary N) is 1.